The molecule has 0 aliphatic rings. The van der Waals surface area contributed by atoms with Gasteiger partial charge in [-0.25, -0.2) is 4.98 Å². The van der Waals surface area contributed by atoms with E-state index in [0.717, 1.165) is 46.1 Å². The average Bonchev–Trinajstić information content (AvgIpc) is 3.17. The van der Waals surface area contributed by atoms with Crippen molar-refractivity contribution in [2.75, 3.05) is 5.32 Å². The van der Waals surface area contributed by atoms with Gasteiger partial charge in [0, 0.05) is 23.7 Å². The minimum absolute atomic E-state index is 0.288. The Morgan fingerprint density at radius 3 is 2.39 bits per heavy atom. The molecule has 0 saturated carbocycles. The average molecular weight is 412 g/mol. The summed E-state index contributed by atoms with van der Waals surface area (Å²) in [5, 5.41) is 10.5. The van der Waals surface area contributed by atoms with E-state index in [1.54, 1.807) is 0 Å². The maximum atomic E-state index is 11.0. The Hall–Kier alpha value is -3.93. The van der Waals surface area contributed by atoms with Crippen LogP contribution < -0.4 is 11.1 Å². The number of aromatic nitrogens is 3. The summed E-state index contributed by atoms with van der Waals surface area (Å²) in [5.74, 6) is 1.19. The first kappa shape index (κ1) is 20.3. The van der Waals surface area contributed by atoms with E-state index >= 15 is 0 Å². The number of anilines is 2. The van der Waals surface area contributed by atoms with Crippen molar-refractivity contribution in [1.29, 1.82) is 0 Å². The van der Waals surface area contributed by atoms with Crippen LogP contribution in [0.4, 0.5) is 11.6 Å². The number of amides is 1. The summed E-state index contributed by atoms with van der Waals surface area (Å²) >= 11 is 0. The van der Waals surface area contributed by atoms with Gasteiger partial charge < -0.3 is 11.1 Å². The monoisotopic (exact) mass is 411 g/mol. The Bertz CT molecular complexity index is 1170. The number of hydrogen-bond donors (Lipinski definition) is 3. The first-order valence-corrected chi connectivity index (χ1v) is 10.3. The van der Waals surface area contributed by atoms with Crippen LogP contribution in [0.1, 0.15) is 28.8 Å². The number of aryl methyl sites for hydroxylation is 2. The zero-order valence-electron chi connectivity index (χ0n) is 17.4. The normalized spacial score (nSPS) is 10.7. The van der Waals surface area contributed by atoms with Crippen LogP contribution in [0.5, 0.6) is 0 Å². The number of nitrogens with zero attached hydrogens (tertiary/aromatic N) is 2. The zero-order chi connectivity index (χ0) is 21.6. The molecule has 0 aliphatic carbocycles. The summed E-state index contributed by atoms with van der Waals surface area (Å²) in [4.78, 5) is 15.9. The smallest absolute Gasteiger partial charge is 0.217 e. The van der Waals surface area contributed by atoms with Crippen molar-refractivity contribution in [1.82, 2.24) is 15.2 Å². The van der Waals surface area contributed by atoms with E-state index in [9.17, 15) is 4.79 Å². The van der Waals surface area contributed by atoms with Gasteiger partial charge in [-0.15, -0.1) is 0 Å². The number of rotatable bonds is 8. The molecule has 0 atom stereocenters. The van der Waals surface area contributed by atoms with Crippen LogP contribution in [0.25, 0.3) is 11.3 Å². The molecule has 4 N–H and O–H groups in total. The standard InChI is InChI=1S/C25H25N5O/c1-17-13-25(30-29-17)28-24-16-20(14-19-5-3-2-4-6-19)15-22(27-24)21-10-7-18(8-11-21)9-12-23(26)31/h2-8,10-11,13,15-16H,9,12,14H2,1H3,(H2,26,31)(H2,27,28,29,30). The van der Waals surface area contributed by atoms with Gasteiger partial charge in [0.25, 0.3) is 0 Å². The molecule has 0 bridgehead atoms. The molecule has 6 nitrogen and oxygen atoms in total. The molecule has 0 radical (unpaired) electrons. The third-order valence-electron chi connectivity index (χ3n) is 5.01. The van der Waals surface area contributed by atoms with Crippen molar-refractivity contribution in [3.8, 4) is 11.3 Å². The van der Waals surface area contributed by atoms with E-state index in [1.165, 1.54) is 5.56 Å². The minimum atomic E-state index is -0.288. The Kier molecular flexibility index (Phi) is 6.08. The summed E-state index contributed by atoms with van der Waals surface area (Å²) in [6.07, 6.45) is 1.80. The van der Waals surface area contributed by atoms with Gasteiger partial charge in [-0.2, -0.15) is 5.10 Å². The number of primary amides is 1. The first-order chi connectivity index (χ1) is 15.0. The summed E-state index contributed by atoms with van der Waals surface area (Å²) in [6.45, 7) is 1.96. The third kappa shape index (κ3) is 5.57. The molecule has 0 saturated heterocycles. The molecule has 0 unspecified atom stereocenters. The minimum Gasteiger partial charge on any atom is -0.370 e. The van der Waals surface area contributed by atoms with Crippen molar-refractivity contribution < 1.29 is 4.79 Å². The van der Waals surface area contributed by atoms with Crippen molar-refractivity contribution in [3.63, 3.8) is 0 Å². The Balaban J connectivity index is 1.64. The number of carbonyl (C=O) groups excluding carboxylic acids is 1. The second-order valence-corrected chi connectivity index (χ2v) is 7.63. The fourth-order valence-electron chi connectivity index (χ4n) is 3.46. The number of benzene rings is 2. The van der Waals surface area contributed by atoms with Crippen molar-refractivity contribution in [3.05, 3.63) is 95.2 Å². The van der Waals surface area contributed by atoms with Crippen molar-refractivity contribution >= 4 is 17.5 Å². The second kappa shape index (κ2) is 9.26. The van der Waals surface area contributed by atoms with Gasteiger partial charge in [0.05, 0.1) is 5.69 Å². The van der Waals surface area contributed by atoms with Crippen LogP contribution >= 0.6 is 0 Å². The van der Waals surface area contributed by atoms with Crippen LogP contribution in [0.3, 0.4) is 0 Å². The van der Waals surface area contributed by atoms with Crippen LogP contribution in [0.2, 0.25) is 0 Å². The molecule has 31 heavy (non-hydrogen) atoms. The van der Waals surface area contributed by atoms with Crippen LogP contribution in [-0.2, 0) is 17.6 Å². The van der Waals surface area contributed by atoms with E-state index in [1.807, 2.05) is 55.5 Å². The maximum Gasteiger partial charge on any atom is 0.217 e. The highest BCUT2D eigenvalue weighted by atomic mass is 16.1. The van der Waals surface area contributed by atoms with E-state index < -0.39 is 0 Å². The quantitative estimate of drug-likeness (QED) is 0.397. The number of aromatic amines is 1. The molecular weight excluding hydrogens is 386 g/mol. The summed E-state index contributed by atoms with van der Waals surface area (Å²) in [5.41, 5.74) is 11.6. The summed E-state index contributed by atoms with van der Waals surface area (Å²) in [6, 6.07) is 24.6. The first-order valence-electron chi connectivity index (χ1n) is 10.3. The lowest BCUT2D eigenvalue weighted by Gasteiger charge is -2.11. The van der Waals surface area contributed by atoms with Gasteiger partial charge in [-0.3, -0.25) is 9.89 Å². The SMILES string of the molecule is Cc1cc(Nc2cc(Cc3ccccc3)cc(-c3ccc(CCC(N)=O)cc3)n2)n[nH]1. The molecule has 2 heterocycles. The third-order valence-corrected chi connectivity index (χ3v) is 5.01. The van der Waals surface area contributed by atoms with Gasteiger partial charge in [0.1, 0.15) is 5.82 Å². The topological polar surface area (TPSA) is 96.7 Å². The van der Waals surface area contributed by atoms with Gasteiger partial charge >= 0.3 is 0 Å². The lowest BCUT2D eigenvalue weighted by Crippen LogP contribution is -2.11. The molecule has 2 aromatic heterocycles. The Morgan fingerprint density at radius 1 is 0.935 bits per heavy atom. The molecule has 0 spiro atoms. The van der Waals surface area contributed by atoms with E-state index in [-0.39, 0.29) is 5.91 Å². The second-order valence-electron chi connectivity index (χ2n) is 7.63. The molecular formula is C25H25N5O. The highest BCUT2D eigenvalue weighted by Gasteiger charge is 2.09. The van der Waals surface area contributed by atoms with E-state index in [2.05, 4.69) is 39.8 Å². The van der Waals surface area contributed by atoms with Crippen molar-refractivity contribution in [2.24, 2.45) is 5.73 Å². The molecule has 0 aliphatic heterocycles. The predicted molar refractivity (Wildman–Crippen MR) is 123 cm³/mol. The number of H-pyrrole nitrogens is 1. The Labute approximate surface area is 181 Å². The number of nitrogens with one attached hydrogen (secondary N) is 2. The predicted octanol–water partition coefficient (Wildman–Crippen LogP) is 4.53. The lowest BCUT2D eigenvalue weighted by atomic mass is 10.0. The highest BCUT2D eigenvalue weighted by molar-refractivity contribution is 5.74. The van der Waals surface area contributed by atoms with Crippen LogP contribution in [0, 0.1) is 6.92 Å². The number of hydrogen-bond acceptors (Lipinski definition) is 4. The van der Waals surface area contributed by atoms with Gasteiger partial charge in [0.15, 0.2) is 5.82 Å². The van der Waals surface area contributed by atoms with E-state index in [4.69, 9.17) is 10.7 Å². The van der Waals surface area contributed by atoms with Crippen molar-refractivity contribution in [2.45, 2.75) is 26.2 Å². The van der Waals surface area contributed by atoms with Gasteiger partial charge in [-0.05, 0) is 48.6 Å². The molecule has 4 aromatic rings. The molecule has 1 amide bonds. The maximum absolute atomic E-state index is 11.0. The van der Waals surface area contributed by atoms with Crippen LogP contribution in [0.15, 0.2) is 72.8 Å². The molecule has 156 valence electrons. The summed E-state index contributed by atoms with van der Waals surface area (Å²) in [7, 11) is 0. The van der Waals surface area contributed by atoms with Crippen LogP contribution in [-0.4, -0.2) is 21.1 Å². The summed E-state index contributed by atoms with van der Waals surface area (Å²) < 4.78 is 0. The zero-order valence-corrected chi connectivity index (χ0v) is 17.4. The number of carbonyl (C=O) groups is 1. The number of nitrogens with two attached hydrogens (primary N) is 1. The van der Waals surface area contributed by atoms with Gasteiger partial charge in [0.2, 0.25) is 5.91 Å². The lowest BCUT2D eigenvalue weighted by molar-refractivity contribution is -0.117. The molecule has 6 heteroatoms. The molecule has 2 aromatic carbocycles. The molecule has 4 rings (SSSR count). The number of pyridine rings is 1. The fraction of sp³-hybridized carbons (Fsp3) is 0.160. The largest absolute Gasteiger partial charge is 0.370 e. The Morgan fingerprint density at radius 2 is 1.71 bits per heavy atom. The molecule has 0 fully saturated rings. The van der Waals surface area contributed by atoms with E-state index in [0.29, 0.717) is 12.8 Å². The highest BCUT2D eigenvalue weighted by Crippen LogP contribution is 2.25. The fourth-order valence-corrected chi connectivity index (χ4v) is 3.46. The van der Waals surface area contributed by atoms with Gasteiger partial charge in [-0.1, -0.05) is 54.6 Å².